The van der Waals surface area contributed by atoms with Crippen LogP contribution in [-0.4, -0.2) is 58.7 Å². The van der Waals surface area contributed by atoms with E-state index in [2.05, 4.69) is 41.7 Å². The van der Waals surface area contributed by atoms with Crippen LogP contribution in [0.3, 0.4) is 0 Å². The molecule has 248 valence electrons. The second-order valence-electron chi connectivity index (χ2n) is 13.0. The molecule has 1 fully saturated rings. The van der Waals surface area contributed by atoms with Gasteiger partial charge in [-0.05, 0) is 68.5 Å². The van der Waals surface area contributed by atoms with Crippen molar-refractivity contribution in [2.24, 2.45) is 5.92 Å². The number of alkyl halides is 1. The molecule has 0 unspecified atom stereocenters. The number of carbonyl (C=O) groups is 2. The minimum atomic E-state index is -0.940. The van der Waals surface area contributed by atoms with E-state index in [-0.39, 0.29) is 19.1 Å². The number of halogens is 1. The van der Waals surface area contributed by atoms with Gasteiger partial charge in [-0.2, -0.15) is 5.10 Å². The molecule has 1 aliphatic rings. The standard InChI is InChI=1S/C39H41FN4O4/c1-38(2,3)48-37(46)43-24-13-14-28(27-43)36(45)41-35-33-26-32(47-25-23-40)21-22-34(33)44(42-35)39(29-15-7-4-8-16-29,30-17-9-5-10-18-30)31-19-11-6-12-20-31/h4-12,15-22,26,28H,13-14,23-25,27H2,1-3H3,(H,41,42,45)/t28-/m1/s1. The Hall–Kier alpha value is -5.18. The average Bonchev–Trinajstić information content (AvgIpc) is 3.45. The van der Waals surface area contributed by atoms with E-state index in [0.717, 1.165) is 22.2 Å². The summed E-state index contributed by atoms with van der Waals surface area (Å²) in [4.78, 5) is 28.4. The largest absolute Gasteiger partial charge is 0.491 e. The number of nitrogens with zero attached hydrogens (tertiary/aromatic N) is 3. The smallest absolute Gasteiger partial charge is 0.410 e. The summed E-state index contributed by atoms with van der Waals surface area (Å²) in [5, 5.41) is 8.96. The van der Waals surface area contributed by atoms with Gasteiger partial charge in [-0.25, -0.2) is 13.9 Å². The molecule has 1 N–H and O–H groups in total. The monoisotopic (exact) mass is 648 g/mol. The maximum absolute atomic E-state index is 14.0. The summed E-state index contributed by atoms with van der Waals surface area (Å²) in [6.07, 6.45) is 0.867. The van der Waals surface area contributed by atoms with Gasteiger partial charge in [-0.3, -0.25) is 4.79 Å². The first-order valence-electron chi connectivity index (χ1n) is 16.4. The quantitative estimate of drug-likeness (QED) is 0.165. The Kier molecular flexibility index (Phi) is 9.48. The summed E-state index contributed by atoms with van der Waals surface area (Å²) in [6.45, 7) is 5.53. The van der Waals surface area contributed by atoms with Crippen LogP contribution in [0.5, 0.6) is 5.75 Å². The molecule has 8 nitrogen and oxygen atoms in total. The third-order valence-electron chi connectivity index (χ3n) is 8.58. The highest BCUT2D eigenvalue weighted by molar-refractivity contribution is 6.01. The first-order valence-corrected chi connectivity index (χ1v) is 16.4. The van der Waals surface area contributed by atoms with Crippen LogP contribution in [0.25, 0.3) is 10.9 Å². The molecule has 0 saturated carbocycles. The molecule has 2 heterocycles. The van der Waals surface area contributed by atoms with Gasteiger partial charge in [-0.15, -0.1) is 0 Å². The Labute approximate surface area is 280 Å². The van der Waals surface area contributed by atoms with E-state index in [0.29, 0.717) is 36.3 Å². The number of piperidine rings is 1. The molecule has 9 heteroatoms. The van der Waals surface area contributed by atoms with Gasteiger partial charge in [0.2, 0.25) is 5.91 Å². The van der Waals surface area contributed by atoms with Crippen LogP contribution in [0.4, 0.5) is 15.0 Å². The van der Waals surface area contributed by atoms with Gasteiger partial charge < -0.3 is 19.7 Å². The molecular weight excluding hydrogens is 607 g/mol. The van der Waals surface area contributed by atoms with Crippen LogP contribution in [0.1, 0.15) is 50.3 Å². The summed E-state index contributed by atoms with van der Waals surface area (Å²) in [5.74, 6) is 0.116. The molecule has 4 aromatic carbocycles. The zero-order valence-corrected chi connectivity index (χ0v) is 27.6. The third-order valence-corrected chi connectivity index (χ3v) is 8.58. The average molecular weight is 649 g/mol. The Balaban J connectivity index is 1.49. The van der Waals surface area contributed by atoms with Crippen molar-refractivity contribution in [3.8, 4) is 5.75 Å². The van der Waals surface area contributed by atoms with Crippen LogP contribution in [0.15, 0.2) is 109 Å². The highest BCUT2D eigenvalue weighted by Gasteiger charge is 2.41. The number of hydrogen-bond donors (Lipinski definition) is 1. The number of carbonyl (C=O) groups excluding carboxylic acids is 2. The van der Waals surface area contributed by atoms with Crippen molar-refractivity contribution in [2.45, 2.75) is 44.8 Å². The van der Waals surface area contributed by atoms with E-state index in [1.165, 1.54) is 0 Å². The van der Waals surface area contributed by atoms with Gasteiger partial charge in [-0.1, -0.05) is 91.0 Å². The van der Waals surface area contributed by atoms with Crippen molar-refractivity contribution in [1.82, 2.24) is 14.7 Å². The second-order valence-corrected chi connectivity index (χ2v) is 13.0. The minimum Gasteiger partial charge on any atom is -0.491 e. The minimum absolute atomic E-state index is 0.0914. The fraction of sp³-hybridized carbons (Fsp3) is 0.308. The van der Waals surface area contributed by atoms with Crippen molar-refractivity contribution in [1.29, 1.82) is 0 Å². The second kappa shape index (κ2) is 13.9. The molecule has 1 saturated heterocycles. The maximum Gasteiger partial charge on any atom is 0.410 e. The predicted octanol–water partition coefficient (Wildman–Crippen LogP) is 7.81. The summed E-state index contributed by atoms with van der Waals surface area (Å²) < 4.78 is 26.4. The molecule has 0 bridgehead atoms. The number of benzene rings is 4. The van der Waals surface area contributed by atoms with Crippen molar-refractivity contribution >= 4 is 28.7 Å². The summed E-state index contributed by atoms with van der Waals surface area (Å²) in [5.41, 5.74) is 2.09. The number of rotatable bonds is 9. The Bertz CT molecular complexity index is 1760. The molecular formula is C39H41FN4O4. The molecule has 6 rings (SSSR count). The first kappa shape index (κ1) is 32.7. The van der Waals surface area contributed by atoms with E-state index < -0.39 is 29.8 Å². The van der Waals surface area contributed by atoms with E-state index in [4.69, 9.17) is 14.6 Å². The molecule has 48 heavy (non-hydrogen) atoms. The van der Waals surface area contributed by atoms with Crippen LogP contribution in [-0.2, 0) is 15.1 Å². The van der Waals surface area contributed by atoms with Crippen molar-refractivity contribution in [2.75, 3.05) is 31.7 Å². The zero-order valence-electron chi connectivity index (χ0n) is 27.6. The van der Waals surface area contributed by atoms with Crippen LogP contribution >= 0.6 is 0 Å². The number of likely N-dealkylation sites (tertiary alicyclic amines) is 1. The molecule has 0 spiro atoms. The highest BCUT2D eigenvalue weighted by Crippen LogP contribution is 2.44. The van der Waals surface area contributed by atoms with E-state index in [1.54, 1.807) is 17.0 Å². The van der Waals surface area contributed by atoms with Crippen molar-refractivity contribution in [3.63, 3.8) is 0 Å². The number of ether oxygens (including phenoxy) is 2. The topological polar surface area (TPSA) is 85.7 Å². The van der Waals surface area contributed by atoms with Crippen LogP contribution < -0.4 is 10.1 Å². The summed E-state index contributed by atoms with van der Waals surface area (Å²) >= 11 is 0. The van der Waals surface area contributed by atoms with Crippen LogP contribution in [0.2, 0.25) is 0 Å². The lowest BCUT2D eigenvalue weighted by atomic mass is 9.77. The fourth-order valence-corrected chi connectivity index (χ4v) is 6.50. The van der Waals surface area contributed by atoms with Gasteiger partial charge in [0.15, 0.2) is 5.82 Å². The molecule has 5 aromatic rings. The van der Waals surface area contributed by atoms with Crippen molar-refractivity contribution < 1.29 is 23.5 Å². The normalized spacial score (nSPS) is 15.2. The van der Waals surface area contributed by atoms with E-state index in [1.807, 2.05) is 86.1 Å². The summed E-state index contributed by atoms with van der Waals surface area (Å²) in [7, 11) is 0. The fourth-order valence-electron chi connectivity index (χ4n) is 6.50. The lowest BCUT2D eigenvalue weighted by Crippen LogP contribution is -2.45. The van der Waals surface area contributed by atoms with Crippen molar-refractivity contribution in [3.05, 3.63) is 126 Å². The number of hydrogen-bond acceptors (Lipinski definition) is 5. The maximum atomic E-state index is 14.0. The third kappa shape index (κ3) is 6.63. The number of fused-ring (bicyclic) bond motifs is 1. The van der Waals surface area contributed by atoms with Gasteiger partial charge in [0.25, 0.3) is 0 Å². The summed E-state index contributed by atoms with van der Waals surface area (Å²) in [6, 6.07) is 36.0. The molecule has 0 aliphatic carbocycles. The number of amides is 2. The Morgan fingerprint density at radius 2 is 1.46 bits per heavy atom. The lowest BCUT2D eigenvalue weighted by Gasteiger charge is -2.37. The lowest BCUT2D eigenvalue weighted by molar-refractivity contribution is -0.121. The molecule has 2 amide bonds. The number of aromatic nitrogens is 2. The van der Waals surface area contributed by atoms with E-state index in [9.17, 15) is 14.0 Å². The van der Waals surface area contributed by atoms with Crippen LogP contribution in [0, 0.1) is 5.92 Å². The molecule has 0 radical (unpaired) electrons. The molecule has 1 aromatic heterocycles. The zero-order chi connectivity index (χ0) is 33.7. The Morgan fingerprint density at radius 3 is 2.00 bits per heavy atom. The molecule has 1 atom stereocenters. The van der Waals surface area contributed by atoms with Gasteiger partial charge >= 0.3 is 6.09 Å². The first-order chi connectivity index (χ1) is 23.2. The van der Waals surface area contributed by atoms with Gasteiger partial charge in [0.05, 0.1) is 11.4 Å². The SMILES string of the molecule is CC(C)(C)OC(=O)N1CCC[C@@H](C(=O)Nc2nn(C(c3ccccc3)(c3ccccc3)c3ccccc3)c3ccc(OCCF)cc23)C1. The number of nitrogens with one attached hydrogen (secondary N) is 1. The molecule has 1 aliphatic heterocycles. The number of anilines is 1. The highest BCUT2D eigenvalue weighted by atomic mass is 19.1. The van der Waals surface area contributed by atoms with Gasteiger partial charge in [0.1, 0.15) is 30.2 Å². The van der Waals surface area contributed by atoms with Gasteiger partial charge in [0, 0.05) is 18.5 Å². The Morgan fingerprint density at radius 1 is 0.875 bits per heavy atom. The predicted molar refractivity (Wildman–Crippen MR) is 185 cm³/mol. The van der Waals surface area contributed by atoms with E-state index >= 15 is 0 Å².